The zero-order valence-corrected chi connectivity index (χ0v) is 18.4. The number of hydrogen-bond acceptors (Lipinski definition) is 3. The summed E-state index contributed by atoms with van der Waals surface area (Å²) in [5, 5.41) is 11.5. The lowest BCUT2D eigenvalue weighted by molar-refractivity contribution is 0.0697. The first-order chi connectivity index (χ1) is 15.6. The third-order valence-electron chi connectivity index (χ3n) is 6.81. The van der Waals surface area contributed by atoms with E-state index in [0.717, 1.165) is 67.5 Å². The van der Waals surface area contributed by atoms with Gasteiger partial charge in [0.1, 0.15) is 5.75 Å². The summed E-state index contributed by atoms with van der Waals surface area (Å²) in [6, 6.07) is 13.6. The van der Waals surface area contributed by atoms with Gasteiger partial charge in [-0.15, -0.1) is 0 Å². The summed E-state index contributed by atoms with van der Waals surface area (Å²) in [6.07, 6.45) is 6.58. The van der Waals surface area contributed by atoms with Gasteiger partial charge in [0.15, 0.2) is 0 Å². The molecule has 6 nitrogen and oxygen atoms in total. The second-order valence-corrected chi connectivity index (χ2v) is 8.78. The van der Waals surface area contributed by atoms with Gasteiger partial charge in [0.25, 0.3) is 0 Å². The monoisotopic (exact) mass is 431 g/mol. The van der Waals surface area contributed by atoms with Crippen molar-refractivity contribution in [2.45, 2.75) is 31.6 Å². The number of aromatic nitrogens is 2. The number of nitrogens with one attached hydrogen (secondary N) is 2. The third kappa shape index (κ3) is 4.10. The summed E-state index contributed by atoms with van der Waals surface area (Å²) < 4.78 is 5.38. The summed E-state index contributed by atoms with van der Waals surface area (Å²) in [6.45, 7) is 3.31. The van der Waals surface area contributed by atoms with Gasteiger partial charge in [0.2, 0.25) is 0 Å². The fourth-order valence-electron chi connectivity index (χ4n) is 4.96. The molecule has 0 aliphatic carbocycles. The highest BCUT2D eigenvalue weighted by molar-refractivity contribution is 5.93. The van der Waals surface area contributed by atoms with Crippen molar-refractivity contribution in [3.05, 3.63) is 65.5 Å². The molecule has 1 aliphatic rings. The van der Waals surface area contributed by atoms with Gasteiger partial charge in [-0.05, 0) is 93.3 Å². The number of ether oxygens (including phenoxy) is 1. The molecule has 3 heterocycles. The standard InChI is InChI=1S/C26H29N3O3/c1-32-21-5-7-24-22(15-21)19(16-27-24)3-2-10-29-11-8-17(9-12-29)25-14-20-13-18(26(30)31)4-6-23(20)28-25/h4-7,13-17,27-28H,2-3,8-12H2,1H3,(H,30,31). The maximum absolute atomic E-state index is 11.2. The largest absolute Gasteiger partial charge is 0.497 e. The summed E-state index contributed by atoms with van der Waals surface area (Å²) in [5.74, 6) is 0.527. The van der Waals surface area contributed by atoms with E-state index < -0.39 is 5.97 Å². The second-order valence-electron chi connectivity index (χ2n) is 8.78. The first kappa shape index (κ1) is 20.6. The average Bonchev–Trinajstić information content (AvgIpc) is 3.42. The number of carbonyl (C=O) groups is 1. The number of methoxy groups -OCH3 is 1. The van der Waals surface area contributed by atoms with Gasteiger partial charge in [-0.3, -0.25) is 0 Å². The van der Waals surface area contributed by atoms with Crippen molar-refractivity contribution >= 4 is 27.8 Å². The van der Waals surface area contributed by atoms with Crippen LogP contribution in [-0.4, -0.2) is 52.7 Å². The lowest BCUT2D eigenvalue weighted by Gasteiger charge is -2.31. The molecular weight excluding hydrogens is 402 g/mol. The van der Waals surface area contributed by atoms with Crippen molar-refractivity contribution in [2.75, 3.05) is 26.7 Å². The van der Waals surface area contributed by atoms with Crippen molar-refractivity contribution < 1.29 is 14.6 Å². The first-order valence-electron chi connectivity index (χ1n) is 11.3. The fraction of sp³-hybridized carbons (Fsp3) is 0.346. The van der Waals surface area contributed by atoms with Crippen LogP contribution >= 0.6 is 0 Å². The van der Waals surface area contributed by atoms with Crippen molar-refractivity contribution in [3.8, 4) is 5.75 Å². The second kappa shape index (κ2) is 8.71. The molecule has 0 saturated carbocycles. The number of fused-ring (bicyclic) bond motifs is 2. The number of aromatic amines is 2. The van der Waals surface area contributed by atoms with Crippen molar-refractivity contribution in [1.29, 1.82) is 0 Å². The number of aryl methyl sites for hydroxylation is 1. The van der Waals surface area contributed by atoms with E-state index in [0.29, 0.717) is 11.5 Å². The van der Waals surface area contributed by atoms with E-state index in [1.165, 1.54) is 16.6 Å². The molecule has 0 atom stereocenters. The van der Waals surface area contributed by atoms with Gasteiger partial charge in [0.05, 0.1) is 12.7 Å². The van der Waals surface area contributed by atoms with Crippen LogP contribution in [-0.2, 0) is 6.42 Å². The maximum atomic E-state index is 11.2. The van der Waals surface area contributed by atoms with Crippen LogP contribution in [0.25, 0.3) is 21.8 Å². The van der Waals surface area contributed by atoms with Gasteiger partial charge in [-0.2, -0.15) is 0 Å². The van der Waals surface area contributed by atoms with Crippen LogP contribution in [0, 0.1) is 0 Å². The number of benzene rings is 2. The van der Waals surface area contributed by atoms with E-state index >= 15 is 0 Å². The van der Waals surface area contributed by atoms with E-state index in [2.05, 4.69) is 39.3 Å². The van der Waals surface area contributed by atoms with Crippen LogP contribution in [0.15, 0.2) is 48.7 Å². The molecule has 0 bridgehead atoms. The minimum Gasteiger partial charge on any atom is -0.497 e. The number of carboxylic acids is 1. The van der Waals surface area contributed by atoms with E-state index in [1.54, 1.807) is 19.2 Å². The van der Waals surface area contributed by atoms with Crippen LogP contribution in [0.4, 0.5) is 0 Å². The number of nitrogens with zero attached hydrogens (tertiary/aromatic N) is 1. The molecule has 166 valence electrons. The molecule has 0 radical (unpaired) electrons. The fourth-order valence-corrected chi connectivity index (χ4v) is 4.96. The van der Waals surface area contributed by atoms with Crippen LogP contribution in [0.5, 0.6) is 5.75 Å². The molecule has 0 unspecified atom stereocenters. The Kier molecular flexibility index (Phi) is 5.62. The van der Waals surface area contributed by atoms with E-state index in [1.807, 2.05) is 12.1 Å². The Labute approximate surface area is 187 Å². The summed E-state index contributed by atoms with van der Waals surface area (Å²) in [4.78, 5) is 20.7. The number of H-pyrrole nitrogens is 2. The molecule has 3 N–H and O–H groups in total. The van der Waals surface area contributed by atoms with Crippen molar-refractivity contribution in [3.63, 3.8) is 0 Å². The Bertz CT molecular complexity index is 1250. The number of piperidine rings is 1. The molecule has 1 aliphatic heterocycles. The lowest BCUT2D eigenvalue weighted by Crippen LogP contribution is -2.33. The van der Waals surface area contributed by atoms with Crippen LogP contribution in [0.2, 0.25) is 0 Å². The maximum Gasteiger partial charge on any atom is 0.335 e. The van der Waals surface area contributed by atoms with Crippen LogP contribution in [0.3, 0.4) is 0 Å². The molecule has 1 saturated heterocycles. The van der Waals surface area contributed by atoms with E-state index in [-0.39, 0.29) is 0 Å². The Hall–Kier alpha value is -3.25. The Morgan fingerprint density at radius 2 is 1.94 bits per heavy atom. The summed E-state index contributed by atoms with van der Waals surface area (Å²) in [7, 11) is 1.71. The number of rotatable bonds is 7. The summed E-state index contributed by atoms with van der Waals surface area (Å²) >= 11 is 0. The number of likely N-dealkylation sites (tertiary alicyclic amines) is 1. The van der Waals surface area contributed by atoms with E-state index in [4.69, 9.17) is 4.74 Å². The SMILES string of the molecule is COc1ccc2[nH]cc(CCCN3CCC(c4cc5cc(C(=O)O)ccc5[nH]4)CC3)c2c1. The lowest BCUT2D eigenvalue weighted by atomic mass is 9.93. The molecule has 6 heteroatoms. The highest BCUT2D eigenvalue weighted by atomic mass is 16.5. The van der Waals surface area contributed by atoms with Gasteiger partial charge in [-0.25, -0.2) is 4.79 Å². The molecule has 2 aromatic carbocycles. The Morgan fingerprint density at radius 1 is 1.12 bits per heavy atom. The normalized spacial score (nSPS) is 15.5. The van der Waals surface area contributed by atoms with Crippen LogP contribution in [0.1, 0.15) is 46.8 Å². The predicted octanol–water partition coefficient (Wildman–Crippen LogP) is 5.17. The first-order valence-corrected chi connectivity index (χ1v) is 11.3. The zero-order valence-electron chi connectivity index (χ0n) is 18.4. The van der Waals surface area contributed by atoms with Gasteiger partial charge >= 0.3 is 5.97 Å². The Morgan fingerprint density at radius 3 is 2.72 bits per heavy atom. The molecule has 1 fully saturated rings. The van der Waals surface area contributed by atoms with E-state index in [9.17, 15) is 9.90 Å². The minimum atomic E-state index is -0.880. The highest BCUT2D eigenvalue weighted by Gasteiger charge is 2.22. The molecule has 0 amide bonds. The van der Waals surface area contributed by atoms with Gasteiger partial charge < -0.3 is 24.7 Å². The van der Waals surface area contributed by atoms with Crippen molar-refractivity contribution in [2.24, 2.45) is 0 Å². The number of carboxylic acid groups (broad SMARTS) is 1. The predicted molar refractivity (Wildman–Crippen MR) is 127 cm³/mol. The molecular formula is C26H29N3O3. The quantitative estimate of drug-likeness (QED) is 0.377. The molecule has 2 aromatic heterocycles. The number of hydrogen-bond donors (Lipinski definition) is 3. The van der Waals surface area contributed by atoms with Crippen molar-refractivity contribution in [1.82, 2.24) is 14.9 Å². The molecule has 5 rings (SSSR count). The zero-order chi connectivity index (χ0) is 22.1. The molecule has 0 spiro atoms. The van der Waals surface area contributed by atoms with Gasteiger partial charge in [0, 0.05) is 39.6 Å². The minimum absolute atomic E-state index is 0.339. The molecule has 32 heavy (non-hydrogen) atoms. The van der Waals surface area contributed by atoms with Gasteiger partial charge in [-0.1, -0.05) is 0 Å². The van der Waals surface area contributed by atoms with Crippen LogP contribution < -0.4 is 4.74 Å². The highest BCUT2D eigenvalue weighted by Crippen LogP contribution is 2.31. The third-order valence-corrected chi connectivity index (χ3v) is 6.81. The topological polar surface area (TPSA) is 81.3 Å². The Balaban J connectivity index is 1.15. The molecule has 4 aromatic rings. The average molecular weight is 432 g/mol. The number of aromatic carboxylic acids is 1. The smallest absolute Gasteiger partial charge is 0.335 e. The summed E-state index contributed by atoms with van der Waals surface area (Å²) in [5.41, 5.74) is 5.10.